The Morgan fingerprint density at radius 3 is 2.92 bits per heavy atom. The third-order valence-electron chi connectivity index (χ3n) is 2.23. The average molecular weight is 187 g/mol. The van der Waals surface area contributed by atoms with E-state index < -0.39 is 0 Å². The average Bonchev–Trinajstić information content (AvgIpc) is 2.08. The zero-order valence-electron chi connectivity index (χ0n) is 8.88. The Morgan fingerprint density at radius 2 is 2.31 bits per heavy atom. The zero-order valence-corrected chi connectivity index (χ0v) is 8.88. The molecule has 13 heavy (non-hydrogen) atoms. The summed E-state index contributed by atoms with van der Waals surface area (Å²) in [5.41, 5.74) is 0. The van der Waals surface area contributed by atoms with Crippen LogP contribution in [0.1, 0.15) is 27.2 Å². The smallest absolute Gasteiger partial charge is 0.0961 e. The summed E-state index contributed by atoms with van der Waals surface area (Å²) in [6.45, 7) is 8.72. The van der Waals surface area contributed by atoms with Crippen LogP contribution in [0, 0.1) is 0 Å². The molecular weight excluding hydrogens is 166 g/mol. The Bertz CT molecular complexity index is 137. The molecule has 0 radical (unpaired) electrons. The molecule has 0 aliphatic carbocycles. The number of rotatable bonds is 4. The summed E-state index contributed by atoms with van der Waals surface area (Å²) in [5, 5.41) is 3.51. The number of nitrogens with one attached hydrogen (secondary N) is 1. The summed E-state index contributed by atoms with van der Waals surface area (Å²) in [6, 6.07) is 0.986. The van der Waals surface area contributed by atoms with Gasteiger partial charge in [0.15, 0.2) is 0 Å². The highest BCUT2D eigenvalue weighted by molar-refractivity contribution is 4.81. The van der Waals surface area contributed by atoms with Crippen LogP contribution >= 0.6 is 0 Å². The molecule has 2 unspecified atom stereocenters. The van der Waals surface area contributed by atoms with Crippen LogP contribution < -0.4 is 5.32 Å². The van der Waals surface area contributed by atoms with Crippen LogP contribution in [0.5, 0.6) is 0 Å². The van der Waals surface area contributed by atoms with Crippen molar-refractivity contribution in [2.24, 2.45) is 0 Å². The quantitative estimate of drug-likeness (QED) is 0.717. The van der Waals surface area contributed by atoms with Crippen molar-refractivity contribution in [1.29, 1.82) is 0 Å². The molecule has 0 bridgehead atoms. The van der Waals surface area contributed by atoms with Gasteiger partial charge in [0.2, 0.25) is 0 Å². The third kappa shape index (κ3) is 3.63. The van der Waals surface area contributed by atoms with Crippen LogP contribution in [0.4, 0.5) is 0 Å². The predicted molar refractivity (Wildman–Crippen MR) is 52.9 cm³/mol. The summed E-state index contributed by atoms with van der Waals surface area (Å²) >= 11 is 0. The maximum atomic E-state index is 5.61. The van der Waals surface area contributed by atoms with E-state index in [9.17, 15) is 0 Å². The lowest BCUT2D eigenvalue weighted by atomic mass is 10.1. The fraction of sp³-hybridized carbons (Fsp3) is 1.00. The highest BCUT2D eigenvalue weighted by Crippen LogP contribution is 2.11. The molecule has 3 nitrogen and oxygen atoms in total. The van der Waals surface area contributed by atoms with E-state index in [-0.39, 0.29) is 6.10 Å². The zero-order chi connectivity index (χ0) is 9.68. The van der Waals surface area contributed by atoms with E-state index in [1.165, 1.54) is 0 Å². The van der Waals surface area contributed by atoms with Gasteiger partial charge in [0.25, 0.3) is 0 Å². The fourth-order valence-electron chi connectivity index (χ4n) is 1.71. The van der Waals surface area contributed by atoms with Crippen molar-refractivity contribution < 1.29 is 9.47 Å². The molecule has 0 aromatic rings. The molecular formula is C10H21NO2. The molecule has 1 saturated heterocycles. The van der Waals surface area contributed by atoms with E-state index in [4.69, 9.17) is 9.47 Å². The van der Waals surface area contributed by atoms with E-state index in [2.05, 4.69) is 19.2 Å². The van der Waals surface area contributed by atoms with Gasteiger partial charge in [0.1, 0.15) is 0 Å². The van der Waals surface area contributed by atoms with Crippen LogP contribution in [-0.2, 0) is 9.47 Å². The molecule has 0 saturated carbocycles. The van der Waals surface area contributed by atoms with Crippen molar-refractivity contribution >= 4 is 0 Å². The van der Waals surface area contributed by atoms with E-state index in [0.717, 1.165) is 26.2 Å². The summed E-state index contributed by atoms with van der Waals surface area (Å²) in [6.07, 6.45) is 1.30. The highest BCUT2D eigenvalue weighted by Gasteiger charge is 2.26. The standard InChI is InChI=1S/C10H21NO2/c1-4-13-10-7-12-6-5-9(10)11-8(2)3/h8-11H,4-7H2,1-3H3. The van der Waals surface area contributed by atoms with Crippen LogP contribution in [0.3, 0.4) is 0 Å². The van der Waals surface area contributed by atoms with Crippen molar-refractivity contribution in [2.75, 3.05) is 19.8 Å². The van der Waals surface area contributed by atoms with Gasteiger partial charge in [0, 0.05) is 25.3 Å². The van der Waals surface area contributed by atoms with Crippen molar-refractivity contribution in [3.63, 3.8) is 0 Å². The number of hydrogen-bond donors (Lipinski definition) is 1. The normalized spacial score (nSPS) is 29.5. The second kappa shape index (κ2) is 5.58. The maximum Gasteiger partial charge on any atom is 0.0961 e. The monoisotopic (exact) mass is 187 g/mol. The van der Waals surface area contributed by atoms with E-state index in [0.29, 0.717) is 12.1 Å². The fourth-order valence-corrected chi connectivity index (χ4v) is 1.71. The topological polar surface area (TPSA) is 30.5 Å². The van der Waals surface area contributed by atoms with Crippen molar-refractivity contribution in [3.05, 3.63) is 0 Å². The second-order valence-corrected chi connectivity index (χ2v) is 3.79. The van der Waals surface area contributed by atoms with E-state index in [1.54, 1.807) is 0 Å². The van der Waals surface area contributed by atoms with Crippen LogP contribution in [0.2, 0.25) is 0 Å². The molecule has 0 spiro atoms. The van der Waals surface area contributed by atoms with Gasteiger partial charge in [-0.25, -0.2) is 0 Å². The molecule has 0 aromatic heterocycles. The molecule has 1 aliphatic rings. The van der Waals surface area contributed by atoms with Gasteiger partial charge in [-0.1, -0.05) is 13.8 Å². The maximum absolute atomic E-state index is 5.61. The van der Waals surface area contributed by atoms with Gasteiger partial charge >= 0.3 is 0 Å². The molecule has 1 aliphatic heterocycles. The van der Waals surface area contributed by atoms with Gasteiger partial charge in [-0.15, -0.1) is 0 Å². The molecule has 1 rings (SSSR count). The molecule has 1 N–H and O–H groups in total. The van der Waals surface area contributed by atoms with Crippen molar-refractivity contribution in [1.82, 2.24) is 5.32 Å². The lowest BCUT2D eigenvalue weighted by molar-refractivity contribution is -0.0666. The minimum absolute atomic E-state index is 0.237. The second-order valence-electron chi connectivity index (χ2n) is 3.79. The first kappa shape index (κ1) is 11.0. The number of hydrogen-bond acceptors (Lipinski definition) is 3. The van der Waals surface area contributed by atoms with Gasteiger partial charge in [-0.3, -0.25) is 0 Å². The number of ether oxygens (including phenoxy) is 2. The van der Waals surface area contributed by atoms with Gasteiger partial charge in [0.05, 0.1) is 12.7 Å². The third-order valence-corrected chi connectivity index (χ3v) is 2.23. The molecule has 78 valence electrons. The molecule has 1 heterocycles. The van der Waals surface area contributed by atoms with Crippen LogP contribution in [0.15, 0.2) is 0 Å². The van der Waals surface area contributed by atoms with Gasteiger partial charge in [-0.2, -0.15) is 0 Å². The lowest BCUT2D eigenvalue weighted by Gasteiger charge is -2.33. The Kier molecular flexibility index (Phi) is 4.70. The SMILES string of the molecule is CCOC1COCCC1NC(C)C. The Balaban J connectivity index is 2.36. The van der Waals surface area contributed by atoms with Crippen LogP contribution in [0.25, 0.3) is 0 Å². The first-order chi connectivity index (χ1) is 6.24. The highest BCUT2D eigenvalue weighted by atomic mass is 16.5. The molecule has 3 heteroatoms. The Morgan fingerprint density at radius 1 is 1.54 bits per heavy atom. The molecule has 2 atom stereocenters. The Labute approximate surface area is 80.8 Å². The first-order valence-corrected chi connectivity index (χ1v) is 5.19. The largest absolute Gasteiger partial charge is 0.379 e. The predicted octanol–water partition coefficient (Wildman–Crippen LogP) is 1.18. The summed E-state index contributed by atoms with van der Waals surface area (Å²) in [5.74, 6) is 0. The van der Waals surface area contributed by atoms with E-state index >= 15 is 0 Å². The molecule has 0 aromatic carbocycles. The first-order valence-electron chi connectivity index (χ1n) is 5.19. The minimum Gasteiger partial charge on any atom is -0.379 e. The summed E-state index contributed by atoms with van der Waals surface area (Å²) in [7, 11) is 0. The summed E-state index contributed by atoms with van der Waals surface area (Å²) in [4.78, 5) is 0. The molecule has 1 fully saturated rings. The minimum atomic E-state index is 0.237. The van der Waals surface area contributed by atoms with E-state index in [1.807, 2.05) is 6.92 Å². The van der Waals surface area contributed by atoms with Gasteiger partial charge in [-0.05, 0) is 13.3 Å². The van der Waals surface area contributed by atoms with Gasteiger partial charge < -0.3 is 14.8 Å². The Hall–Kier alpha value is -0.120. The lowest BCUT2D eigenvalue weighted by Crippen LogP contribution is -2.50. The van der Waals surface area contributed by atoms with Crippen molar-refractivity contribution in [3.8, 4) is 0 Å². The van der Waals surface area contributed by atoms with Crippen molar-refractivity contribution in [2.45, 2.75) is 45.4 Å². The molecule has 0 amide bonds. The summed E-state index contributed by atoms with van der Waals surface area (Å²) < 4.78 is 11.0. The van der Waals surface area contributed by atoms with Crippen LogP contribution in [-0.4, -0.2) is 38.0 Å².